The Hall–Kier alpha value is -1.42. The quantitative estimate of drug-likeness (QED) is 0.861. The van der Waals surface area contributed by atoms with Crippen molar-refractivity contribution in [3.8, 4) is 0 Å². The highest BCUT2D eigenvalue weighted by Crippen LogP contribution is 2.15. The molecule has 0 radical (unpaired) electrons. The molecule has 1 aromatic rings. The maximum Gasteiger partial charge on any atom is 0.323 e. The van der Waals surface area contributed by atoms with Crippen molar-refractivity contribution < 1.29 is 13.9 Å². The van der Waals surface area contributed by atoms with E-state index in [2.05, 4.69) is 5.32 Å². The lowest BCUT2D eigenvalue weighted by Crippen LogP contribution is -2.38. The summed E-state index contributed by atoms with van der Waals surface area (Å²) in [4.78, 5) is 11.8. The highest BCUT2D eigenvalue weighted by atomic mass is 19.1. The van der Waals surface area contributed by atoms with Gasteiger partial charge in [0, 0.05) is 6.54 Å². The van der Waals surface area contributed by atoms with Gasteiger partial charge in [-0.1, -0.05) is 12.1 Å². The van der Waals surface area contributed by atoms with Gasteiger partial charge in [0.05, 0.1) is 0 Å². The van der Waals surface area contributed by atoms with Crippen molar-refractivity contribution in [3.63, 3.8) is 0 Å². The first-order valence-electron chi connectivity index (χ1n) is 6.82. The molecule has 20 heavy (non-hydrogen) atoms. The van der Waals surface area contributed by atoms with Crippen molar-refractivity contribution in [2.75, 3.05) is 0 Å². The predicted molar refractivity (Wildman–Crippen MR) is 78.0 cm³/mol. The molecule has 0 amide bonds. The van der Waals surface area contributed by atoms with E-state index in [-0.39, 0.29) is 11.8 Å². The molecule has 0 saturated heterocycles. The molecular formula is C16H24FNO2. The van der Waals surface area contributed by atoms with E-state index in [4.69, 9.17) is 4.74 Å². The molecule has 0 bridgehead atoms. The third-order valence-corrected chi connectivity index (χ3v) is 2.87. The van der Waals surface area contributed by atoms with Gasteiger partial charge in [-0.2, -0.15) is 0 Å². The van der Waals surface area contributed by atoms with Gasteiger partial charge >= 0.3 is 5.97 Å². The molecule has 1 atom stereocenters. The standard InChI is InChI=1S/C16H24FNO2/c1-10-7-13(8-11(2)14(10)17)9-18-12(3)15(19)20-16(4,5)6/h7-8,12,18H,9H2,1-6H3. The zero-order valence-corrected chi connectivity index (χ0v) is 13.1. The van der Waals surface area contributed by atoms with E-state index in [9.17, 15) is 9.18 Å². The van der Waals surface area contributed by atoms with Crippen LogP contribution in [0.4, 0.5) is 4.39 Å². The first-order chi connectivity index (χ1) is 9.10. The van der Waals surface area contributed by atoms with E-state index in [1.54, 1.807) is 32.9 Å². The van der Waals surface area contributed by atoms with Crippen molar-refractivity contribution in [2.24, 2.45) is 0 Å². The van der Waals surface area contributed by atoms with Crippen LogP contribution in [-0.4, -0.2) is 17.6 Å². The molecule has 0 aliphatic carbocycles. The fourth-order valence-electron chi connectivity index (χ4n) is 1.88. The predicted octanol–water partition coefficient (Wildman–Crippen LogP) is 3.26. The van der Waals surface area contributed by atoms with Crippen molar-refractivity contribution >= 4 is 5.97 Å². The van der Waals surface area contributed by atoms with Crippen LogP contribution in [0.3, 0.4) is 0 Å². The lowest BCUT2D eigenvalue weighted by molar-refractivity contribution is -0.157. The number of rotatable bonds is 4. The van der Waals surface area contributed by atoms with Crippen LogP contribution in [0, 0.1) is 19.7 Å². The number of ether oxygens (including phenoxy) is 1. The Balaban J connectivity index is 2.61. The summed E-state index contributed by atoms with van der Waals surface area (Å²) in [5.41, 5.74) is 1.70. The number of hydrogen-bond acceptors (Lipinski definition) is 3. The van der Waals surface area contributed by atoms with Gasteiger partial charge in [-0.15, -0.1) is 0 Å². The SMILES string of the molecule is Cc1cc(CNC(C)C(=O)OC(C)(C)C)cc(C)c1F. The van der Waals surface area contributed by atoms with Crippen LogP contribution < -0.4 is 5.32 Å². The Labute approximate surface area is 120 Å². The van der Waals surface area contributed by atoms with Crippen LogP contribution in [-0.2, 0) is 16.1 Å². The minimum Gasteiger partial charge on any atom is -0.459 e. The molecule has 0 fully saturated rings. The number of halogens is 1. The number of carbonyl (C=O) groups excluding carboxylic acids is 1. The molecule has 0 aromatic heterocycles. The maximum absolute atomic E-state index is 13.5. The molecule has 1 rings (SSSR count). The monoisotopic (exact) mass is 281 g/mol. The van der Waals surface area contributed by atoms with E-state index < -0.39 is 11.6 Å². The topological polar surface area (TPSA) is 38.3 Å². The lowest BCUT2D eigenvalue weighted by Gasteiger charge is -2.22. The molecule has 0 heterocycles. The van der Waals surface area contributed by atoms with Gasteiger partial charge in [-0.25, -0.2) is 4.39 Å². The minimum atomic E-state index is -0.490. The zero-order chi connectivity index (χ0) is 15.5. The van der Waals surface area contributed by atoms with Crippen molar-refractivity contribution in [2.45, 2.75) is 59.7 Å². The van der Waals surface area contributed by atoms with Gasteiger partial charge in [0.15, 0.2) is 0 Å². The van der Waals surface area contributed by atoms with Gasteiger partial charge in [-0.3, -0.25) is 4.79 Å². The lowest BCUT2D eigenvalue weighted by atomic mass is 10.1. The highest BCUT2D eigenvalue weighted by Gasteiger charge is 2.21. The number of nitrogens with one attached hydrogen (secondary N) is 1. The first kappa shape index (κ1) is 16.6. The summed E-state index contributed by atoms with van der Waals surface area (Å²) in [6.07, 6.45) is 0. The average Bonchev–Trinajstić information content (AvgIpc) is 2.30. The molecule has 112 valence electrons. The van der Waals surface area contributed by atoms with E-state index in [0.717, 1.165) is 5.56 Å². The van der Waals surface area contributed by atoms with Crippen LogP contribution in [0.5, 0.6) is 0 Å². The van der Waals surface area contributed by atoms with Crippen LogP contribution in [0.25, 0.3) is 0 Å². The number of hydrogen-bond donors (Lipinski definition) is 1. The second-order valence-corrected chi connectivity index (χ2v) is 6.18. The van der Waals surface area contributed by atoms with E-state index in [1.807, 2.05) is 20.8 Å². The van der Waals surface area contributed by atoms with Gasteiger partial charge < -0.3 is 10.1 Å². The fourth-order valence-corrected chi connectivity index (χ4v) is 1.88. The second-order valence-electron chi connectivity index (χ2n) is 6.18. The van der Waals surface area contributed by atoms with Crippen molar-refractivity contribution in [1.82, 2.24) is 5.32 Å². The summed E-state index contributed by atoms with van der Waals surface area (Å²) >= 11 is 0. The van der Waals surface area contributed by atoms with Gasteiger partial charge in [0.2, 0.25) is 0 Å². The zero-order valence-electron chi connectivity index (χ0n) is 13.1. The molecule has 0 spiro atoms. The van der Waals surface area contributed by atoms with Gasteiger partial charge in [-0.05, 0) is 58.2 Å². The summed E-state index contributed by atoms with van der Waals surface area (Å²) in [5, 5.41) is 3.10. The fraction of sp³-hybridized carbons (Fsp3) is 0.562. The molecule has 1 aromatic carbocycles. The molecule has 0 aliphatic heterocycles. The molecule has 1 unspecified atom stereocenters. The van der Waals surface area contributed by atoms with Gasteiger partial charge in [0.1, 0.15) is 17.5 Å². The Bertz CT molecular complexity index is 469. The molecule has 0 aliphatic rings. The van der Waals surface area contributed by atoms with Gasteiger partial charge in [0.25, 0.3) is 0 Å². The largest absolute Gasteiger partial charge is 0.459 e. The van der Waals surface area contributed by atoms with Crippen molar-refractivity contribution in [1.29, 1.82) is 0 Å². The Kier molecular flexibility index (Phi) is 5.28. The molecular weight excluding hydrogens is 257 g/mol. The molecule has 3 nitrogen and oxygen atoms in total. The number of esters is 1. The Morgan fingerprint density at radius 3 is 2.25 bits per heavy atom. The Morgan fingerprint density at radius 2 is 1.80 bits per heavy atom. The van der Waals surface area contributed by atoms with Crippen LogP contribution in [0.1, 0.15) is 44.4 Å². The summed E-state index contributed by atoms with van der Waals surface area (Å²) in [6, 6.07) is 3.17. The van der Waals surface area contributed by atoms with Crippen LogP contribution in [0.15, 0.2) is 12.1 Å². The number of aryl methyl sites for hydroxylation is 2. The van der Waals surface area contributed by atoms with Crippen LogP contribution >= 0.6 is 0 Å². The van der Waals surface area contributed by atoms with E-state index in [0.29, 0.717) is 17.7 Å². The third kappa shape index (κ3) is 4.93. The summed E-state index contributed by atoms with van der Waals surface area (Å²) < 4.78 is 18.8. The molecule has 1 N–H and O–H groups in total. The number of benzene rings is 1. The molecule has 4 heteroatoms. The maximum atomic E-state index is 13.5. The number of carbonyl (C=O) groups is 1. The highest BCUT2D eigenvalue weighted by molar-refractivity contribution is 5.75. The average molecular weight is 281 g/mol. The molecule has 0 saturated carbocycles. The van der Waals surface area contributed by atoms with E-state index >= 15 is 0 Å². The summed E-state index contributed by atoms with van der Waals surface area (Å²) in [7, 11) is 0. The summed E-state index contributed by atoms with van der Waals surface area (Å²) in [6.45, 7) is 11.3. The first-order valence-corrected chi connectivity index (χ1v) is 6.82. The van der Waals surface area contributed by atoms with Crippen LogP contribution in [0.2, 0.25) is 0 Å². The second kappa shape index (κ2) is 6.35. The normalized spacial score (nSPS) is 13.2. The van der Waals surface area contributed by atoms with E-state index in [1.165, 1.54) is 0 Å². The smallest absolute Gasteiger partial charge is 0.323 e. The summed E-state index contributed by atoms with van der Waals surface area (Å²) in [5.74, 6) is -0.456. The Morgan fingerprint density at radius 1 is 1.30 bits per heavy atom. The van der Waals surface area contributed by atoms with Crippen molar-refractivity contribution in [3.05, 3.63) is 34.6 Å². The minimum absolute atomic E-state index is 0.172. The third-order valence-electron chi connectivity index (χ3n) is 2.87.